The second-order valence-corrected chi connectivity index (χ2v) is 4.23. The molecular weight excluding hydrogens is 224 g/mol. The first-order valence-electron chi connectivity index (χ1n) is 7.11. The van der Waals surface area contributed by atoms with Gasteiger partial charge in [-0.2, -0.15) is 0 Å². The van der Waals surface area contributed by atoms with E-state index < -0.39 is 0 Å². The molecule has 0 bridgehead atoms. The zero-order valence-electron chi connectivity index (χ0n) is 12.1. The van der Waals surface area contributed by atoms with Crippen LogP contribution in [-0.2, 0) is 9.53 Å². The summed E-state index contributed by atoms with van der Waals surface area (Å²) < 4.78 is 4.64. The summed E-state index contributed by atoms with van der Waals surface area (Å²) >= 11 is 0. The van der Waals surface area contributed by atoms with E-state index in [1.807, 2.05) is 0 Å². The van der Waals surface area contributed by atoms with Crippen molar-refractivity contribution in [2.24, 2.45) is 0 Å². The molecular formula is C16H30O2. The first kappa shape index (κ1) is 19.3. The van der Waals surface area contributed by atoms with E-state index in [-0.39, 0.29) is 5.97 Å². The molecule has 18 heavy (non-hydrogen) atoms. The van der Waals surface area contributed by atoms with Gasteiger partial charge in [-0.15, -0.1) is 13.2 Å². The van der Waals surface area contributed by atoms with Crippen molar-refractivity contribution in [3.05, 3.63) is 26.0 Å². The van der Waals surface area contributed by atoms with Crippen molar-refractivity contribution in [1.29, 1.82) is 0 Å². The molecule has 0 spiro atoms. The third-order valence-electron chi connectivity index (χ3n) is 2.70. The van der Waals surface area contributed by atoms with Gasteiger partial charge >= 0.3 is 5.97 Å². The maximum atomic E-state index is 11.0. The number of esters is 1. The Morgan fingerprint density at radius 3 is 1.83 bits per heavy atom. The summed E-state index contributed by atoms with van der Waals surface area (Å²) in [7, 11) is 0. The molecule has 0 heterocycles. The monoisotopic (exact) mass is 254 g/mol. The van der Waals surface area contributed by atoms with Gasteiger partial charge in [0.15, 0.2) is 0 Å². The Hall–Kier alpha value is -1.05. The van der Waals surface area contributed by atoms with Gasteiger partial charge in [0, 0.05) is 6.42 Å². The van der Waals surface area contributed by atoms with Crippen LogP contribution in [0.3, 0.4) is 0 Å². The van der Waals surface area contributed by atoms with Crippen molar-refractivity contribution in [3.63, 3.8) is 0 Å². The average Bonchev–Trinajstić information content (AvgIpc) is 2.39. The van der Waals surface area contributed by atoms with E-state index in [0.29, 0.717) is 6.42 Å². The predicted octanol–water partition coefficient (Wildman–Crippen LogP) is 5.40. The van der Waals surface area contributed by atoms with Crippen LogP contribution >= 0.6 is 0 Å². The summed E-state index contributed by atoms with van der Waals surface area (Å²) in [5.74, 6) is -0.155. The standard InChI is InChI=1S/C14H26O2.C2H4/c1-3-5-6-7-8-9-10-11-12-13-14(15)16-4-2;1-2/h4H,2-3,5-13H2,1H3;1-2H2. The number of ether oxygens (including phenoxy) is 1. The summed E-state index contributed by atoms with van der Waals surface area (Å²) in [6.07, 6.45) is 13.1. The molecule has 0 radical (unpaired) electrons. The summed E-state index contributed by atoms with van der Waals surface area (Å²) in [6, 6.07) is 0. The summed E-state index contributed by atoms with van der Waals surface area (Å²) in [6.45, 7) is 11.6. The Balaban J connectivity index is 0. The van der Waals surface area contributed by atoms with E-state index in [0.717, 1.165) is 12.8 Å². The molecule has 0 N–H and O–H groups in total. The quantitative estimate of drug-likeness (QED) is 0.214. The Kier molecular flexibility index (Phi) is 19.6. The van der Waals surface area contributed by atoms with E-state index >= 15 is 0 Å². The van der Waals surface area contributed by atoms with Crippen molar-refractivity contribution in [2.45, 2.75) is 71.1 Å². The van der Waals surface area contributed by atoms with Gasteiger partial charge in [-0.1, -0.05) is 64.9 Å². The molecule has 0 fully saturated rings. The number of carbonyl (C=O) groups excluding carboxylic acids is 1. The number of rotatable bonds is 11. The molecule has 0 aromatic carbocycles. The van der Waals surface area contributed by atoms with Crippen LogP contribution in [0, 0.1) is 0 Å². The van der Waals surface area contributed by atoms with E-state index in [9.17, 15) is 4.79 Å². The second kappa shape index (κ2) is 18.3. The highest BCUT2D eigenvalue weighted by molar-refractivity contribution is 5.69. The van der Waals surface area contributed by atoms with E-state index in [2.05, 4.69) is 31.4 Å². The zero-order chi connectivity index (χ0) is 14.1. The fraction of sp³-hybridized carbons (Fsp3) is 0.688. The van der Waals surface area contributed by atoms with E-state index in [1.54, 1.807) is 0 Å². The molecule has 0 aliphatic heterocycles. The molecule has 106 valence electrons. The van der Waals surface area contributed by atoms with Crippen LogP contribution in [0.25, 0.3) is 0 Å². The first-order valence-corrected chi connectivity index (χ1v) is 7.11. The highest BCUT2D eigenvalue weighted by Gasteiger charge is 1.99. The number of hydrogen-bond acceptors (Lipinski definition) is 2. The lowest BCUT2D eigenvalue weighted by Gasteiger charge is -2.01. The third kappa shape index (κ3) is 17.3. The van der Waals surface area contributed by atoms with Gasteiger partial charge in [0.05, 0.1) is 6.26 Å². The van der Waals surface area contributed by atoms with Crippen LogP contribution in [0.1, 0.15) is 71.1 Å². The lowest BCUT2D eigenvalue weighted by Crippen LogP contribution is -1.98. The van der Waals surface area contributed by atoms with Gasteiger partial charge in [-0.25, -0.2) is 0 Å². The number of unbranched alkanes of at least 4 members (excludes halogenated alkanes) is 8. The molecule has 2 heteroatoms. The Bertz CT molecular complexity index is 188. The highest BCUT2D eigenvalue weighted by Crippen LogP contribution is 2.10. The minimum Gasteiger partial charge on any atom is -0.435 e. The minimum absolute atomic E-state index is 0.155. The molecule has 0 aromatic rings. The minimum atomic E-state index is -0.155. The van der Waals surface area contributed by atoms with Crippen LogP contribution in [0.2, 0.25) is 0 Å². The fourth-order valence-corrected chi connectivity index (χ4v) is 1.73. The van der Waals surface area contributed by atoms with Crippen LogP contribution in [0.5, 0.6) is 0 Å². The topological polar surface area (TPSA) is 26.3 Å². The fourth-order valence-electron chi connectivity index (χ4n) is 1.73. The molecule has 0 saturated carbocycles. The van der Waals surface area contributed by atoms with E-state index in [1.165, 1.54) is 51.2 Å². The maximum Gasteiger partial charge on any atom is 0.310 e. The van der Waals surface area contributed by atoms with Crippen molar-refractivity contribution in [3.8, 4) is 0 Å². The summed E-state index contributed by atoms with van der Waals surface area (Å²) in [5.41, 5.74) is 0. The molecule has 0 amide bonds. The Morgan fingerprint density at radius 1 is 0.944 bits per heavy atom. The molecule has 0 aromatic heterocycles. The van der Waals surface area contributed by atoms with Crippen molar-refractivity contribution in [2.75, 3.05) is 0 Å². The summed E-state index contributed by atoms with van der Waals surface area (Å²) in [5, 5.41) is 0. The van der Waals surface area contributed by atoms with Gasteiger partial charge in [-0.05, 0) is 6.42 Å². The smallest absolute Gasteiger partial charge is 0.310 e. The second-order valence-electron chi connectivity index (χ2n) is 4.23. The normalized spacial score (nSPS) is 9.17. The largest absolute Gasteiger partial charge is 0.435 e. The van der Waals surface area contributed by atoms with Crippen molar-refractivity contribution in [1.82, 2.24) is 0 Å². The molecule has 2 nitrogen and oxygen atoms in total. The highest BCUT2D eigenvalue weighted by atomic mass is 16.5. The molecule has 0 atom stereocenters. The predicted molar refractivity (Wildman–Crippen MR) is 79.4 cm³/mol. The van der Waals surface area contributed by atoms with Crippen LogP contribution in [-0.4, -0.2) is 5.97 Å². The van der Waals surface area contributed by atoms with E-state index in [4.69, 9.17) is 0 Å². The molecule has 0 saturated heterocycles. The maximum absolute atomic E-state index is 11.0. The van der Waals surface area contributed by atoms with Crippen LogP contribution in [0.15, 0.2) is 26.0 Å². The molecule has 0 aliphatic rings. The van der Waals surface area contributed by atoms with Gasteiger partial charge in [0.1, 0.15) is 0 Å². The van der Waals surface area contributed by atoms with Crippen LogP contribution in [0.4, 0.5) is 0 Å². The van der Waals surface area contributed by atoms with Gasteiger partial charge in [0.2, 0.25) is 0 Å². The number of hydrogen-bond donors (Lipinski definition) is 0. The van der Waals surface area contributed by atoms with Crippen molar-refractivity contribution >= 4 is 5.97 Å². The third-order valence-corrected chi connectivity index (χ3v) is 2.70. The lowest BCUT2D eigenvalue weighted by molar-refractivity contribution is -0.138. The van der Waals surface area contributed by atoms with Gasteiger partial charge < -0.3 is 4.74 Å². The Labute approximate surface area is 113 Å². The Morgan fingerprint density at radius 2 is 1.39 bits per heavy atom. The average molecular weight is 254 g/mol. The van der Waals surface area contributed by atoms with Crippen molar-refractivity contribution < 1.29 is 9.53 Å². The lowest BCUT2D eigenvalue weighted by atomic mass is 10.1. The molecule has 0 aliphatic carbocycles. The molecule has 0 rings (SSSR count). The molecule has 0 unspecified atom stereocenters. The first-order chi connectivity index (χ1) is 8.81. The van der Waals surface area contributed by atoms with Gasteiger partial charge in [-0.3, -0.25) is 4.79 Å². The number of carbonyl (C=O) groups is 1. The zero-order valence-corrected chi connectivity index (χ0v) is 12.1. The van der Waals surface area contributed by atoms with Crippen LogP contribution < -0.4 is 0 Å². The van der Waals surface area contributed by atoms with Gasteiger partial charge in [0.25, 0.3) is 0 Å². The summed E-state index contributed by atoms with van der Waals surface area (Å²) in [4.78, 5) is 11.0. The SMILES string of the molecule is C=C.C=COC(=O)CCCCCCCCCCC.